The van der Waals surface area contributed by atoms with Crippen LogP contribution in [0.4, 0.5) is 0 Å². The van der Waals surface area contributed by atoms with Gasteiger partial charge < -0.3 is 15.8 Å². The van der Waals surface area contributed by atoms with Crippen molar-refractivity contribution in [3.05, 3.63) is 29.8 Å². The highest BCUT2D eigenvalue weighted by Gasteiger charge is 2.11. The van der Waals surface area contributed by atoms with Crippen LogP contribution in [0.5, 0.6) is 5.75 Å². The third kappa shape index (κ3) is 6.45. The number of rotatable bonds is 6. The van der Waals surface area contributed by atoms with Gasteiger partial charge in [-0.1, -0.05) is 12.1 Å². The maximum atomic E-state index is 11.6. The van der Waals surface area contributed by atoms with Crippen molar-refractivity contribution >= 4 is 18.3 Å². The van der Waals surface area contributed by atoms with Crippen LogP contribution in [0.3, 0.4) is 0 Å². The van der Waals surface area contributed by atoms with Gasteiger partial charge in [-0.05, 0) is 38.5 Å². The van der Waals surface area contributed by atoms with Crippen molar-refractivity contribution in [3.8, 4) is 5.75 Å². The first-order chi connectivity index (χ1) is 8.52. The lowest BCUT2D eigenvalue weighted by Gasteiger charge is -2.16. The SMILES string of the molecule is CCOc1cccc(C(C)NC(=O)CC(C)N)c1.Cl. The van der Waals surface area contributed by atoms with E-state index in [4.69, 9.17) is 10.5 Å². The summed E-state index contributed by atoms with van der Waals surface area (Å²) in [6.07, 6.45) is 0.343. The second-order valence-corrected chi connectivity index (χ2v) is 4.48. The minimum Gasteiger partial charge on any atom is -0.494 e. The van der Waals surface area contributed by atoms with Gasteiger partial charge in [0.15, 0.2) is 0 Å². The summed E-state index contributed by atoms with van der Waals surface area (Å²) < 4.78 is 5.43. The number of nitrogens with one attached hydrogen (secondary N) is 1. The van der Waals surface area contributed by atoms with Gasteiger partial charge in [-0.25, -0.2) is 0 Å². The molecule has 0 fully saturated rings. The van der Waals surface area contributed by atoms with E-state index in [2.05, 4.69) is 5.32 Å². The first kappa shape index (κ1) is 17.7. The molecule has 0 bridgehead atoms. The van der Waals surface area contributed by atoms with E-state index in [1.165, 1.54) is 0 Å². The second-order valence-electron chi connectivity index (χ2n) is 4.48. The molecule has 0 heterocycles. The zero-order valence-corrected chi connectivity index (χ0v) is 12.5. The van der Waals surface area contributed by atoms with Crippen LogP contribution in [0.25, 0.3) is 0 Å². The molecular formula is C14H23ClN2O2. The number of amides is 1. The van der Waals surface area contributed by atoms with Gasteiger partial charge in [0.2, 0.25) is 5.91 Å². The van der Waals surface area contributed by atoms with Crippen LogP contribution in [0, 0.1) is 0 Å². The molecule has 19 heavy (non-hydrogen) atoms. The Kier molecular flexibility index (Phi) is 8.19. The fraction of sp³-hybridized carbons (Fsp3) is 0.500. The summed E-state index contributed by atoms with van der Waals surface area (Å²) in [4.78, 5) is 11.6. The Morgan fingerprint density at radius 1 is 1.42 bits per heavy atom. The van der Waals surface area contributed by atoms with Crippen molar-refractivity contribution in [2.75, 3.05) is 6.61 Å². The molecule has 1 amide bonds. The molecule has 0 aliphatic rings. The highest BCUT2D eigenvalue weighted by Crippen LogP contribution is 2.19. The molecule has 1 rings (SSSR count). The Labute approximate surface area is 121 Å². The minimum atomic E-state index is -0.119. The molecule has 0 aromatic heterocycles. The summed E-state index contributed by atoms with van der Waals surface area (Å²) in [6.45, 7) is 6.35. The summed E-state index contributed by atoms with van der Waals surface area (Å²) in [5.41, 5.74) is 6.62. The van der Waals surface area contributed by atoms with E-state index < -0.39 is 0 Å². The quantitative estimate of drug-likeness (QED) is 0.844. The lowest BCUT2D eigenvalue weighted by molar-refractivity contribution is -0.122. The first-order valence-corrected chi connectivity index (χ1v) is 6.30. The number of hydrogen-bond acceptors (Lipinski definition) is 3. The van der Waals surface area contributed by atoms with Crippen molar-refractivity contribution in [1.29, 1.82) is 0 Å². The molecule has 2 unspecified atom stereocenters. The smallest absolute Gasteiger partial charge is 0.222 e. The largest absolute Gasteiger partial charge is 0.494 e. The van der Waals surface area contributed by atoms with E-state index in [-0.39, 0.29) is 30.4 Å². The topological polar surface area (TPSA) is 64.3 Å². The van der Waals surface area contributed by atoms with Crippen LogP contribution >= 0.6 is 12.4 Å². The molecule has 0 saturated heterocycles. The Morgan fingerprint density at radius 2 is 2.11 bits per heavy atom. The Morgan fingerprint density at radius 3 is 2.68 bits per heavy atom. The fourth-order valence-electron chi connectivity index (χ4n) is 1.72. The molecule has 2 atom stereocenters. The van der Waals surface area contributed by atoms with Gasteiger partial charge in [0.05, 0.1) is 12.6 Å². The predicted octanol–water partition coefficient (Wildman–Crippen LogP) is 2.42. The van der Waals surface area contributed by atoms with Crippen molar-refractivity contribution in [1.82, 2.24) is 5.32 Å². The van der Waals surface area contributed by atoms with Gasteiger partial charge in [0.1, 0.15) is 5.75 Å². The predicted molar refractivity (Wildman–Crippen MR) is 79.7 cm³/mol. The van der Waals surface area contributed by atoms with Gasteiger partial charge in [-0.3, -0.25) is 4.79 Å². The number of nitrogens with two attached hydrogens (primary N) is 1. The van der Waals surface area contributed by atoms with E-state index in [9.17, 15) is 4.79 Å². The third-order valence-corrected chi connectivity index (χ3v) is 2.55. The highest BCUT2D eigenvalue weighted by atomic mass is 35.5. The summed E-state index contributed by atoms with van der Waals surface area (Å²) in [5.74, 6) is 0.794. The Hall–Kier alpha value is -1.26. The van der Waals surface area contributed by atoms with E-state index in [1.807, 2.05) is 45.0 Å². The molecule has 3 N–H and O–H groups in total. The molecule has 0 aliphatic heterocycles. The molecule has 0 spiro atoms. The van der Waals surface area contributed by atoms with E-state index in [1.54, 1.807) is 0 Å². The monoisotopic (exact) mass is 286 g/mol. The number of benzene rings is 1. The van der Waals surface area contributed by atoms with Gasteiger partial charge in [0.25, 0.3) is 0 Å². The van der Waals surface area contributed by atoms with Crippen LogP contribution in [-0.4, -0.2) is 18.6 Å². The highest BCUT2D eigenvalue weighted by molar-refractivity contribution is 5.85. The van der Waals surface area contributed by atoms with Crippen molar-refractivity contribution in [3.63, 3.8) is 0 Å². The average molecular weight is 287 g/mol. The molecular weight excluding hydrogens is 264 g/mol. The second kappa shape index (κ2) is 8.77. The van der Waals surface area contributed by atoms with Crippen molar-refractivity contribution < 1.29 is 9.53 Å². The summed E-state index contributed by atoms with van der Waals surface area (Å²) in [6, 6.07) is 7.58. The van der Waals surface area contributed by atoms with Crippen molar-refractivity contribution in [2.24, 2.45) is 5.73 Å². The van der Waals surface area contributed by atoms with Crippen LogP contribution < -0.4 is 15.8 Å². The number of carbonyl (C=O) groups is 1. The maximum absolute atomic E-state index is 11.6. The lowest BCUT2D eigenvalue weighted by atomic mass is 10.1. The molecule has 108 valence electrons. The number of hydrogen-bond donors (Lipinski definition) is 2. The minimum absolute atomic E-state index is 0. The van der Waals surface area contributed by atoms with E-state index >= 15 is 0 Å². The fourth-order valence-corrected chi connectivity index (χ4v) is 1.72. The lowest BCUT2D eigenvalue weighted by Crippen LogP contribution is -2.31. The van der Waals surface area contributed by atoms with Gasteiger partial charge in [-0.2, -0.15) is 0 Å². The van der Waals surface area contributed by atoms with Crippen LogP contribution in [0.1, 0.15) is 38.8 Å². The molecule has 4 nitrogen and oxygen atoms in total. The Bertz CT molecular complexity index is 397. The van der Waals surface area contributed by atoms with Gasteiger partial charge in [-0.15, -0.1) is 12.4 Å². The zero-order chi connectivity index (χ0) is 13.5. The van der Waals surface area contributed by atoms with E-state index in [0.29, 0.717) is 13.0 Å². The zero-order valence-electron chi connectivity index (χ0n) is 11.7. The molecule has 5 heteroatoms. The van der Waals surface area contributed by atoms with Crippen LogP contribution in [0.2, 0.25) is 0 Å². The molecule has 0 aliphatic carbocycles. The third-order valence-electron chi connectivity index (χ3n) is 2.55. The normalized spacial score (nSPS) is 13.1. The van der Waals surface area contributed by atoms with Crippen LogP contribution in [-0.2, 0) is 4.79 Å². The van der Waals surface area contributed by atoms with Crippen LogP contribution in [0.15, 0.2) is 24.3 Å². The van der Waals surface area contributed by atoms with E-state index in [0.717, 1.165) is 11.3 Å². The molecule has 0 saturated carbocycles. The number of halogens is 1. The first-order valence-electron chi connectivity index (χ1n) is 6.30. The maximum Gasteiger partial charge on any atom is 0.222 e. The standard InChI is InChI=1S/C14H22N2O2.ClH/c1-4-18-13-7-5-6-12(9-13)11(3)16-14(17)8-10(2)15;/h5-7,9-11H,4,8,15H2,1-3H3,(H,16,17);1H. The Balaban J connectivity index is 0.00000324. The molecule has 1 aromatic rings. The summed E-state index contributed by atoms with van der Waals surface area (Å²) in [5, 5.41) is 2.92. The van der Waals surface area contributed by atoms with Gasteiger partial charge in [0, 0.05) is 12.5 Å². The summed E-state index contributed by atoms with van der Waals surface area (Å²) in [7, 11) is 0. The molecule has 1 aromatic carbocycles. The molecule has 0 radical (unpaired) electrons. The number of carbonyl (C=O) groups excluding carboxylic acids is 1. The van der Waals surface area contributed by atoms with Gasteiger partial charge >= 0.3 is 0 Å². The number of ether oxygens (including phenoxy) is 1. The summed E-state index contributed by atoms with van der Waals surface area (Å²) >= 11 is 0. The average Bonchev–Trinajstić information content (AvgIpc) is 2.28. The van der Waals surface area contributed by atoms with Crippen molar-refractivity contribution in [2.45, 2.75) is 39.3 Å².